The first-order valence-electron chi connectivity index (χ1n) is 8.99. The van der Waals surface area contributed by atoms with Crippen LogP contribution in [-0.2, 0) is 11.2 Å². The van der Waals surface area contributed by atoms with Gasteiger partial charge in [0.05, 0.1) is 20.8 Å². The summed E-state index contributed by atoms with van der Waals surface area (Å²) in [6.45, 7) is 3.16. The second-order valence-corrected chi connectivity index (χ2v) is 5.87. The van der Waals surface area contributed by atoms with Gasteiger partial charge >= 0.3 is 0 Å². The molecule has 0 heterocycles. The van der Waals surface area contributed by atoms with Crippen molar-refractivity contribution in [2.24, 2.45) is 0 Å². The SMILES string of the molecule is CCOc1ccc(CCCNC(=O)COc2cc(OC)cc(OC)c2)cc1. The van der Waals surface area contributed by atoms with Crippen LogP contribution in [0, 0.1) is 0 Å². The van der Waals surface area contributed by atoms with Crippen LogP contribution in [0.15, 0.2) is 42.5 Å². The van der Waals surface area contributed by atoms with E-state index < -0.39 is 0 Å². The van der Waals surface area contributed by atoms with Gasteiger partial charge in [-0.15, -0.1) is 0 Å². The second kappa shape index (κ2) is 11.0. The largest absolute Gasteiger partial charge is 0.496 e. The van der Waals surface area contributed by atoms with Crippen molar-refractivity contribution in [3.63, 3.8) is 0 Å². The molecule has 146 valence electrons. The van der Waals surface area contributed by atoms with Crippen molar-refractivity contribution in [1.82, 2.24) is 5.32 Å². The van der Waals surface area contributed by atoms with Crippen LogP contribution in [0.25, 0.3) is 0 Å². The average molecular weight is 373 g/mol. The van der Waals surface area contributed by atoms with Crippen molar-refractivity contribution in [1.29, 1.82) is 0 Å². The van der Waals surface area contributed by atoms with Crippen molar-refractivity contribution in [2.75, 3.05) is 34.0 Å². The summed E-state index contributed by atoms with van der Waals surface area (Å²) in [5, 5.41) is 2.86. The van der Waals surface area contributed by atoms with E-state index in [0.717, 1.165) is 18.6 Å². The van der Waals surface area contributed by atoms with Crippen LogP contribution >= 0.6 is 0 Å². The number of ether oxygens (including phenoxy) is 4. The Bertz CT molecular complexity index is 693. The standard InChI is InChI=1S/C21H27NO5/c1-4-26-17-9-7-16(8-10-17)6-5-11-22-21(23)15-27-20-13-18(24-2)12-19(14-20)25-3/h7-10,12-14H,4-6,11,15H2,1-3H3,(H,22,23). The van der Waals surface area contributed by atoms with Crippen LogP contribution < -0.4 is 24.3 Å². The molecular weight excluding hydrogens is 346 g/mol. The Kier molecular flexibility index (Phi) is 8.29. The predicted octanol–water partition coefficient (Wildman–Crippen LogP) is 3.23. The van der Waals surface area contributed by atoms with Gasteiger partial charge in [-0.05, 0) is 37.5 Å². The molecule has 0 aliphatic rings. The molecule has 0 fully saturated rings. The Labute approximate surface area is 160 Å². The summed E-state index contributed by atoms with van der Waals surface area (Å²) in [6, 6.07) is 13.2. The highest BCUT2D eigenvalue weighted by atomic mass is 16.5. The molecule has 0 saturated heterocycles. The van der Waals surface area contributed by atoms with E-state index >= 15 is 0 Å². The maximum Gasteiger partial charge on any atom is 0.257 e. The highest BCUT2D eigenvalue weighted by Gasteiger charge is 2.06. The molecule has 6 nitrogen and oxygen atoms in total. The van der Waals surface area contributed by atoms with Crippen molar-refractivity contribution >= 4 is 5.91 Å². The first-order valence-corrected chi connectivity index (χ1v) is 8.99. The van der Waals surface area contributed by atoms with Crippen LogP contribution in [0.1, 0.15) is 18.9 Å². The molecule has 0 aliphatic heterocycles. The van der Waals surface area contributed by atoms with Gasteiger partial charge in [0.15, 0.2) is 6.61 Å². The predicted molar refractivity (Wildman–Crippen MR) is 104 cm³/mol. The Morgan fingerprint density at radius 3 is 2.11 bits per heavy atom. The maximum atomic E-state index is 11.9. The number of methoxy groups -OCH3 is 2. The number of carbonyl (C=O) groups excluding carboxylic acids is 1. The zero-order valence-electron chi connectivity index (χ0n) is 16.1. The summed E-state index contributed by atoms with van der Waals surface area (Å²) >= 11 is 0. The number of amides is 1. The molecule has 0 unspecified atom stereocenters. The van der Waals surface area contributed by atoms with Crippen molar-refractivity contribution < 1.29 is 23.7 Å². The molecule has 2 aromatic rings. The molecule has 0 saturated carbocycles. The maximum absolute atomic E-state index is 11.9. The van der Waals surface area contributed by atoms with E-state index in [1.165, 1.54) is 5.56 Å². The van der Waals surface area contributed by atoms with Crippen LogP contribution in [0.5, 0.6) is 23.0 Å². The van der Waals surface area contributed by atoms with Crippen LogP contribution in [0.4, 0.5) is 0 Å². The summed E-state index contributed by atoms with van der Waals surface area (Å²) in [5.74, 6) is 2.46. The van der Waals surface area contributed by atoms with E-state index in [9.17, 15) is 4.79 Å². The van der Waals surface area contributed by atoms with Gasteiger partial charge in [0, 0.05) is 24.7 Å². The monoisotopic (exact) mass is 373 g/mol. The van der Waals surface area contributed by atoms with Gasteiger partial charge in [0.2, 0.25) is 0 Å². The minimum atomic E-state index is -0.163. The van der Waals surface area contributed by atoms with E-state index in [1.807, 2.05) is 31.2 Å². The quantitative estimate of drug-likeness (QED) is 0.613. The lowest BCUT2D eigenvalue weighted by atomic mass is 10.1. The number of nitrogens with one attached hydrogen (secondary N) is 1. The summed E-state index contributed by atoms with van der Waals surface area (Å²) in [4.78, 5) is 11.9. The van der Waals surface area contributed by atoms with Crippen LogP contribution in [-0.4, -0.2) is 39.9 Å². The smallest absolute Gasteiger partial charge is 0.257 e. The number of aryl methyl sites for hydroxylation is 1. The summed E-state index contributed by atoms with van der Waals surface area (Å²) in [7, 11) is 3.13. The van der Waals surface area contributed by atoms with Crippen molar-refractivity contribution in [3.05, 3.63) is 48.0 Å². The molecule has 1 amide bonds. The molecule has 0 aliphatic carbocycles. The molecule has 2 rings (SSSR count). The fourth-order valence-electron chi connectivity index (χ4n) is 2.50. The lowest BCUT2D eigenvalue weighted by Gasteiger charge is -2.10. The van der Waals surface area contributed by atoms with Gasteiger partial charge in [0.1, 0.15) is 23.0 Å². The van der Waals surface area contributed by atoms with E-state index in [1.54, 1.807) is 32.4 Å². The van der Waals surface area contributed by atoms with Crippen LogP contribution in [0.3, 0.4) is 0 Å². The second-order valence-electron chi connectivity index (χ2n) is 5.87. The Morgan fingerprint density at radius 2 is 1.52 bits per heavy atom. The molecule has 1 N–H and O–H groups in total. The molecular formula is C21H27NO5. The highest BCUT2D eigenvalue weighted by Crippen LogP contribution is 2.27. The molecule has 0 bridgehead atoms. The highest BCUT2D eigenvalue weighted by molar-refractivity contribution is 5.77. The fraction of sp³-hybridized carbons (Fsp3) is 0.381. The van der Waals surface area contributed by atoms with Crippen LogP contribution in [0.2, 0.25) is 0 Å². The zero-order chi connectivity index (χ0) is 19.5. The van der Waals surface area contributed by atoms with Crippen molar-refractivity contribution in [2.45, 2.75) is 19.8 Å². The molecule has 2 aromatic carbocycles. The minimum Gasteiger partial charge on any atom is -0.496 e. The molecule has 0 aromatic heterocycles. The minimum absolute atomic E-state index is 0.0562. The van der Waals surface area contributed by atoms with Gasteiger partial charge < -0.3 is 24.3 Å². The number of hydrogen-bond acceptors (Lipinski definition) is 5. The van der Waals surface area contributed by atoms with Gasteiger partial charge in [-0.25, -0.2) is 0 Å². The number of benzene rings is 2. The first-order chi connectivity index (χ1) is 13.1. The van der Waals surface area contributed by atoms with E-state index in [2.05, 4.69) is 5.32 Å². The summed E-state index contributed by atoms with van der Waals surface area (Å²) in [6.07, 6.45) is 1.74. The zero-order valence-corrected chi connectivity index (χ0v) is 16.1. The van der Waals surface area contributed by atoms with Gasteiger partial charge in [-0.1, -0.05) is 12.1 Å². The summed E-state index contributed by atoms with van der Waals surface area (Å²) < 4.78 is 21.3. The number of carbonyl (C=O) groups is 1. The number of rotatable bonds is 11. The normalized spacial score (nSPS) is 10.2. The summed E-state index contributed by atoms with van der Waals surface area (Å²) in [5.41, 5.74) is 1.22. The molecule has 0 atom stereocenters. The third-order valence-corrected chi connectivity index (χ3v) is 3.89. The lowest BCUT2D eigenvalue weighted by Crippen LogP contribution is -2.29. The average Bonchev–Trinajstić information content (AvgIpc) is 2.70. The molecule has 27 heavy (non-hydrogen) atoms. The lowest BCUT2D eigenvalue weighted by molar-refractivity contribution is -0.123. The Balaban J connectivity index is 1.69. The van der Waals surface area contributed by atoms with Crippen molar-refractivity contribution in [3.8, 4) is 23.0 Å². The number of hydrogen-bond donors (Lipinski definition) is 1. The third-order valence-electron chi connectivity index (χ3n) is 3.89. The Morgan fingerprint density at radius 1 is 0.889 bits per heavy atom. The third kappa shape index (κ3) is 7.09. The molecule has 0 spiro atoms. The fourth-order valence-corrected chi connectivity index (χ4v) is 2.50. The van der Waals surface area contributed by atoms with E-state index in [0.29, 0.717) is 30.4 Å². The topological polar surface area (TPSA) is 66.0 Å². The molecule has 0 radical (unpaired) electrons. The van der Waals surface area contributed by atoms with Gasteiger partial charge in [-0.3, -0.25) is 4.79 Å². The van der Waals surface area contributed by atoms with E-state index in [-0.39, 0.29) is 12.5 Å². The Hall–Kier alpha value is -2.89. The first kappa shape index (κ1) is 20.4. The van der Waals surface area contributed by atoms with Gasteiger partial charge in [-0.2, -0.15) is 0 Å². The molecule has 6 heteroatoms. The van der Waals surface area contributed by atoms with E-state index in [4.69, 9.17) is 18.9 Å². The van der Waals surface area contributed by atoms with Gasteiger partial charge in [0.25, 0.3) is 5.91 Å².